The second kappa shape index (κ2) is 5.56. The van der Waals surface area contributed by atoms with E-state index in [0.29, 0.717) is 12.2 Å². The Labute approximate surface area is 122 Å². The first kappa shape index (κ1) is 13.0. The van der Waals surface area contributed by atoms with E-state index in [1.54, 1.807) is 18.2 Å². The van der Waals surface area contributed by atoms with Gasteiger partial charge in [0.15, 0.2) is 0 Å². The summed E-state index contributed by atoms with van der Waals surface area (Å²) in [5.41, 5.74) is 1.57. The van der Waals surface area contributed by atoms with Crippen molar-refractivity contribution in [2.45, 2.75) is 6.61 Å². The molecule has 0 aliphatic rings. The van der Waals surface area contributed by atoms with Crippen LogP contribution in [-0.2, 0) is 6.61 Å². The van der Waals surface area contributed by atoms with Crippen molar-refractivity contribution in [2.75, 3.05) is 0 Å². The van der Waals surface area contributed by atoms with Crippen molar-refractivity contribution < 1.29 is 9.84 Å². The van der Waals surface area contributed by atoms with Gasteiger partial charge in [0.2, 0.25) is 0 Å². The maximum absolute atomic E-state index is 9.52. The number of phenols is 1. The Balaban J connectivity index is 1.80. The number of phenolic OH excluding ortho intramolecular Hbond substituents is 1. The van der Waals surface area contributed by atoms with Gasteiger partial charge in [-0.15, -0.1) is 0 Å². The standard InChI is InChI=1S/C18H13NO2/c19-11-13-2-1-3-14(8-13)12-21-18-7-5-15-4-6-17(20)9-16(15)10-18/h1-10,20H,12H2. The lowest BCUT2D eigenvalue weighted by Crippen LogP contribution is -1.95. The molecule has 0 unspecified atom stereocenters. The van der Waals surface area contributed by atoms with Gasteiger partial charge in [-0.1, -0.05) is 24.3 Å². The Bertz CT molecular complexity index is 834. The largest absolute Gasteiger partial charge is 0.508 e. The predicted molar refractivity (Wildman–Crippen MR) is 81.1 cm³/mol. The average Bonchev–Trinajstić information content (AvgIpc) is 2.52. The van der Waals surface area contributed by atoms with Crippen LogP contribution in [0.2, 0.25) is 0 Å². The van der Waals surface area contributed by atoms with Gasteiger partial charge in [0, 0.05) is 0 Å². The van der Waals surface area contributed by atoms with Gasteiger partial charge in [0.1, 0.15) is 18.1 Å². The summed E-state index contributed by atoms with van der Waals surface area (Å²) < 4.78 is 5.75. The van der Waals surface area contributed by atoms with Gasteiger partial charge in [0.25, 0.3) is 0 Å². The van der Waals surface area contributed by atoms with Crippen molar-refractivity contribution in [1.82, 2.24) is 0 Å². The summed E-state index contributed by atoms with van der Waals surface area (Å²) in [5.74, 6) is 0.969. The monoisotopic (exact) mass is 275 g/mol. The average molecular weight is 275 g/mol. The molecule has 0 radical (unpaired) electrons. The fourth-order valence-corrected chi connectivity index (χ4v) is 2.20. The van der Waals surface area contributed by atoms with Gasteiger partial charge in [0.05, 0.1) is 11.6 Å². The van der Waals surface area contributed by atoms with E-state index in [1.165, 1.54) is 0 Å². The van der Waals surface area contributed by atoms with Crippen molar-refractivity contribution in [2.24, 2.45) is 0 Å². The molecule has 1 N–H and O–H groups in total. The number of nitriles is 1. The number of aromatic hydroxyl groups is 1. The molecule has 3 rings (SSSR count). The lowest BCUT2D eigenvalue weighted by Gasteiger charge is -2.08. The molecule has 0 spiro atoms. The van der Waals surface area contributed by atoms with Crippen molar-refractivity contribution in [3.05, 3.63) is 71.8 Å². The minimum absolute atomic E-state index is 0.237. The Kier molecular flexibility index (Phi) is 3.44. The molecule has 3 aromatic rings. The number of benzene rings is 3. The number of hydrogen-bond acceptors (Lipinski definition) is 3. The molecule has 0 aliphatic carbocycles. The van der Waals surface area contributed by atoms with Crippen molar-refractivity contribution in [1.29, 1.82) is 5.26 Å². The van der Waals surface area contributed by atoms with E-state index in [2.05, 4.69) is 6.07 Å². The highest BCUT2D eigenvalue weighted by atomic mass is 16.5. The van der Waals surface area contributed by atoms with Gasteiger partial charge < -0.3 is 9.84 Å². The van der Waals surface area contributed by atoms with Crippen LogP contribution < -0.4 is 4.74 Å². The fraction of sp³-hybridized carbons (Fsp3) is 0.0556. The first-order valence-electron chi connectivity index (χ1n) is 6.59. The van der Waals surface area contributed by atoms with Crippen LogP contribution in [0.25, 0.3) is 10.8 Å². The van der Waals surface area contributed by atoms with Gasteiger partial charge in [-0.25, -0.2) is 0 Å². The van der Waals surface area contributed by atoms with Crippen LogP contribution in [0.15, 0.2) is 60.7 Å². The van der Waals surface area contributed by atoms with Crippen LogP contribution in [0, 0.1) is 11.3 Å². The van der Waals surface area contributed by atoms with Crippen LogP contribution in [0.5, 0.6) is 11.5 Å². The Morgan fingerprint density at radius 3 is 2.67 bits per heavy atom. The highest BCUT2D eigenvalue weighted by Crippen LogP contribution is 2.25. The van der Waals surface area contributed by atoms with Crippen LogP contribution in [0.4, 0.5) is 0 Å². The molecule has 0 saturated carbocycles. The molecule has 21 heavy (non-hydrogen) atoms. The maximum atomic E-state index is 9.52. The van der Waals surface area contributed by atoms with E-state index < -0.39 is 0 Å². The van der Waals surface area contributed by atoms with E-state index in [4.69, 9.17) is 10.00 Å². The van der Waals surface area contributed by atoms with Gasteiger partial charge in [-0.3, -0.25) is 0 Å². The van der Waals surface area contributed by atoms with E-state index in [9.17, 15) is 5.11 Å². The molecular weight excluding hydrogens is 262 g/mol. The highest BCUT2D eigenvalue weighted by molar-refractivity contribution is 5.85. The molecule has 0 aromatic heterocycles. The molecular formula is C18H13NO2. The number of rotatable bonds is 3. The first-order valence-corrected chi connectivity index (χ1v) is 6.59. The molecule has 3 nitrogen and oxygen atoms in total. The Morgan fingerprint density at radius 1 is 0.952 bits per heavy atom. The summed E-state index contributed by atoms with van der Waals surface area (Å²) in [7, 11) is 0. The summed E-state index contributed by atoms with van der Waals surface area (Å²) in [4.78, 5) is 0. The molecule has 0 fully saturated rings. The number of hydrogen-bond donors (Lipinski definition) is 1. The molecule has 0 atom stereocenters. The van der Waals surface area contributed by atoms with E-state index in [1.807, 2.05) is 42.5 Å². The summed E-state index contributed by atoms with van der Waals surface area (Å²) >= 11 is 0. The molecule has 0 bridgehead atoms. The number of nitrogens with zero attached hydrogens (tertiary/aromatic N) is 1. The van der Waals surface area contributed by atoms with Crippen molar-refractivity contribution in [3.8, 4) is 17.6 Å². The molecule has 0 aliphatic heterocycles. The van der Waals surface area contributed by atoms with E-state index in [0.717, 1.165) is 22.1 Å². The first-order chi connectivity index (χ1) is 10.2. The van der Waals surface area contributed by atoms with Gasteiger partial charge in [-0.05, 0) is 52.7 Å². The van der Waals surface area contributed by atoms with Crippen molar-refractivity contribution in [3.63, 3.8) is 0 Å². The maximum Gasteiger partial charge on any atom is 0.120 e. The summed E-state index contributed by atoms with van der Waals surface area (Å²) in [6.07, 6.45) is 0. The summed E-state index contributed by atoms with van der Waals surface area (Å²) in [5, 5.41) is 20.4. The van der Waals surface area contributed by atoms with Crippen LogP contribution >= 0.6 is 0 Å². The minimum atomic E-state index is 0.237. The SMILES string of the molecule is N#Cc1cccc(COc2ccc3ccc(O)cc3c2)c1. The van der Waals surface area contributed by atoms with Crippen molar-refractivity contribution >= 4 is 10.8 Å². The number of ether oxygens (including phenoxy) is 1. The Morgan fingerprint density at radius 2 is 1.81 bits per heavy atom. The smallest absolute Gasteiger partial charge is 0.120 e. The van der Waals surface area contributed by atoms with Crippen LogP contribution in [-0.4, -0.2) is 5.11 Å². The lowest BCUT2D eigenvalue weighted by molar-refractivity contribution is 0.306. The third kappa shape index (κ3) is 2.96. The minimum Gasteiger partial charge on any atom is -0.508 e. The van der Waals surface area contributed by atoms with Crippen LogP contribution in [0.1, 0.15) is 11.1 Å². The molecule has 0 amide bonds. The second-order valence-electron chi connectivity index (χ2n) is 4.79. The number of fused-ring (bicyclic) bond motifs is 1. The Hall–Kier alpha value is -2.99. The summed E-state index contributed by atoms with van der Waals surface area (Å²) in [6, 6.07) is 20.4. The predicted octanol–water partition coefficient (Wildman–Crippen LogP) is 4.00. The highest BCUT2D eigenvalue weighted by Gasteiger charge is 2.01. The lowest BCUT2D eigenvalue weighted by atomic mass is 10.1. The molecule has 0 saturated heterocycles. The third-order valence-corrected chi connectivity index (χ3v) is 3.26. The van der Waals surface area contributed by atoms with Crippen LogP contribution in [0.3, 0.4) is 0 Å². The zero-order valence-electron chi connectivity index (χ0n) is 11.3. The molecule has 3 aromatic carbocycles. The third-order valence-electron chi connectivity index (χ3n) is 3.26. The molecule has 0 heterocycles. The van der Waals surface area contributed by atoms with E-state index >= 15 is 0 Å². The van der Waals surface area contributed by atoms with E-state index in [-0.39, 0.29) is 5.75 Å². The topological polar surface area (TPSA) is 53.2 Å². The molecule has 3 heteroatoms. The fourth-order valence-electron chi connectivity index (χ4n) is 2.20. The second-order valence-corrected chi connectivity index (χ2v) is 4.79. The normalized spacial score (nSPS) is 10.2. The van der Waals surface area contributed by atoms with Gasteiger partial charge >= 0.3 is 0 Å². The zero-order valence-corrected chi connectivity index (χ0v) is 11.3. The zero-order chi connectivity index (χ0) is 14.7. The quantitative estimate of drug-likeness (QED) is 0.786. The summed E-state index contributed by atoms with van der Waals surface area (Å²) in [6.45, 7) is 0.403. The molecule has 102 valence electrons. The van der Waals surface area contributed by atoms with Gasteiger partial charge in [-0.2, -0.15) is 5.26 Å².